The van der Waals surface area contributed by atoms with E-state index in [9.17, 15) is 13.2 Å². The number of benzene rings is 4. The highest BCUT2D eigenvalue weighted by atomic mass is 19.3. The molecule has 1 fully saturated rings. The van der Waals surface area contributed by atoms with E-state index >= 15 is 22.0 Å². The molecule has 5 rings (SSSR count). The van der Waals surface area contributed by atoms with Crippen molar-refractivity contribution in [3.63, 3.8) is 0 Å². The third-order valence-electron chi connectivity index (χ3n) is 7.79. The molecule has 3 nitrogen and oxygen atoms in total. The van der Waals surface area contributed by atoms with Crippen LogP contribution in [0.25, 0.3) is 22.3 Å². The molecule has 1 aliphatic rings. The van der Waals surface area contributed by atoms with Gasteiger partial charge in [0.15, 0.2) is 6.29 Å². The quantitative estimate of drug-likeness (QED) is 0.119. The monoisotopic (exact) mass is 650 g/mol. The predicted octanol–water partition coefficient (Wildman–Crippen LogP) is 10.6. The molecule has 4 aromatic rings. The van der Waals surface area contributed by atoms with Crippen molar-refractivity contribution in [3.8, 4) is 28.0 Å². The van der Waals surface area contributed by atoms with Crippen LogP contribution in [0.4, 0.5) is 35.1 Å². The number of unbranched alkanes of at least 4 members (excludes halogenated alkanes) is 2. The first-order valence-corrected chi connectivity index (χ1v) is 14.7. The van der Waals surface area contributed by atoms with E-state index in [-0.39, 0.29) is 33.7 Å². The minimum absolute atomic E-state index is 0.00342. The molecule has 0 aliphatic carbocycles. The van der Waals surface area contributed by atoms with Gasteiger partial charge >= 0.3 is 6.11 Å². The molecule has 46 heavy (non-hydrogen) atoms. The van der Waals surface area contributed by atoms with E-state index in [1.54, 1.807) is 0 Å². The Morgan fingerprint density at radius 3 is 1.96 bits per heavy atom. The number of hydrogen-bond acceptors (Lipinski definition) is 3. The highest BCUT2D eigenvalue weighted by Gasteiger charge is 2.41. The van der Waals surface area contributed by atoms with Gasteiger partial charge in [-0.05, 0) is 53.9 Å². The van der Waals surface area contributed by atoms with Crippen LogP contribution in [0.1, 0.15) is 55.6 Å². The number of alkyl halides is 3. The molecule has 0 amide bonds. The average molecular weight is 651 g/mol. The first-order chi connectivity index (χ1) is 22.0. The number of hydrogen-bond donors (Lipinski definition) is 0. The SMILES string of the molecule is CCCCCC1COC(c2ccc(-c3cc(F)c(C(F)(F)Oc4ccc(-c5ccc(CF)c(F)c5)c(F)c4)c(F)c3)c(F)c2)OC1. The third kappa shape index (κ3) is 7.36. The molecule has 0 N–H and O–H groups in total. The lowest BCUT2D eigenvalue weighted by molar-refractivity contribution is -0.206. The Morgan fingerprint density at radius 2 is 1.35 bits per heavy atom. The van der Waals surface area contributed by atoms with Crippen LogP contribution < -0.4 is 4.74 Å². The van der Waals surface area contributed by atoms with E-state index in [0.717, 1.165) is 56.0 Å². The maximum Gasteiger partial charge on any atom is 0.432 e. The second kappa shape index (κ2) is 14.2. The van der Waals surface area contributed by atoms with Crippen LogP contribution in [0.3, 0.4) is 0 Å². The second-order valence-electron chi connectivity index (χ2n) is 11.1. The third-order valence-corrected chi connectivity index (χ3v) is 7.79. The molecular formula is C35H30F8O3. The van der Waals surface area contributed by atoms with Gasteiger partial charge in [-0.25, -0.2) is 26.3 Å². The van der Waals surface area contributed by atoms with Gasteiger partial charge in [0, 0.05) is 34.2 Å². The van der Waals surface area contributed by atoms with Gasteiger partial charge in [0.25, 0.3) is 0 Å². The summed E-state index contributed by atoms with van der Waals surface area (Å²) in [6, 6.07) is 10.6. The maximum absolute atomic E-state index is 15.1. The van der Waals surface area contributed by atoms with Crippen molar-refractivity contribution >= 4 is 0 Å². The second-order valence-corrected chi connectivity index (χ2v) is 11.1. The fraction of sp³-hybridized carbons (Fsp3) is 0.314. The van der Waals surface area contributed by atoms with Crippen molar-refractivity contribution in [1.82, 2.24) is 0 Å². The molecule has 1 aliphatic heterocycles. The molecule has 0 unspecified atom stereocenters. The summed E-state index contributed by atoms with van der Waals surface area (Å²) in [6.07, 6.45) is -1.22. The fourth-order valence-corrected chi connectivity index (χ4v) is 5.32. The van der Waals surface area contributed by atoms with Gasteiger partial charge in [-0.1, -0.05) is 50.5 Å². The van der Waals surface area contributed by atoms with Gasteiger partial charge in [-0.3, -0.25) is 0 Å². The minimum atomic E-state index is -4.61. The van der Waals surface area contributed by atoms with Crippen LogP contribution in [0.2, 0.25) is 0 Å². The van der Waals surface area contributed by atoms with Crippen molar-refractivity contribution in [3.05, 3.63) is 113 Å². The summed E-state index contributed by atoms with van der Waals surface area (Å²) in [6.45, 7) is 1.92. The van der Waals surface area contributed by atoms with Crippen molar-refractivity contribution in [1.29, 1.82) is 0 Å². The number of halogens is 8. The molecule has 0 saturated carbocycles. The van der Waals surface area contributed by atoms with E-state index in [4.69, 9.17) is 9.47 Å². The molecule has 0 atom stereocenters. The number of ether oxygens (including phenoxy) is 3. The zero-order valence-electron chi connectivity index (χ0n) is 24.7. The van der Waals surface area contributed by atoms with Crippen LogP contribution >= 0.6 is 0 Å². The molecule has 0 bridgehead atoms. The molecule has 11 heteroatoms. The Balaban J connectivity index is 1.30. The van der Waals surface area contributed by atoms with Crippen molar-refractivity contribution in [2.24, 2.45) is 5.92 Å². The van der Waals surface area contributed by atoms with Gasteiger partial charge in [0.2, 0.25) is 0 Å². The summed E-state index contributed by atoms with van der Waals surface area (Å²) < 4.78 is 133. The van der Waals surface area contributed by atoms with Crippen molar-refractivity contribution < 1.29 is 49.3 Å². The molecule has 4 aromatic carbocycles. The predicted molar refractivity (Wildman–Crippen MR) is 155 cm³/mol. The van der Waals surface area contributed by atoms with E-state index < -0.39 is 59.5 Å². The molecule has 244 valence electrons. The lowest BCUT2D eigenvalue weighted by Crippen LogP contribution is -2.27. The highest BCUT2D eigenvalue weighted by Crippen LogP contribution is 2.39. The van der Waals surface area contributed by atoms with Crippen LogP contribution in [0.15, 0.2) is 66.7 Å². The van der Waals surface area contributed by atoms with Crippen LogP contribution in [-0.4, -0.2) is 13.2 Å². The first kappa shape index (κ1) is 33.4. The van der Waals surface area contributed by atoms with Gasteiger partial charge < -0.3 is 14.2 Å². The van der Waals surface area contributed by atoms with Gasteiger partial charge in [-0.2, -0.15) is 8.78 Å². The van der Waals surface area contributed by atoms with Crippen LogP contribution in [0, 0.1) is 35.0 Å². The lowest BCUT2D eigenvalue weighted by atomic mass is 9.99. The zero-order valence-corrected chi connectivity index (χ0v) is 24.7. The van der Waals surface area contributed by atoms with E-state index in [0.29, 0.717) is 37.0 Å². The van der Waals surface area contributed by atoms with Crippen LogP contribution in [0.5, 0.6) is 5.75 Å². The molecule has 0 aromatic heterocycles. The van der Waals surface area contributed by atoms with Gasteiger partial charge in [0.1, 0.15) is 47.1 Å². The average Bonchev–Trinajstić information content (AvgIpc) is 3.01. The summed E-state index contributed by atoms with van der Waals surface area (Å²) in [4.78, 5) is 0. The summed E-state index contributed by atoms with van der Waals surface area (Å²) in [5, 5.41) is 0. The van der Waals surface area contributed by atoms with E-state index in [1.165, 1.54) is 18.2 Å². The van der Waals surface area contributed by atoms with Gasteiger partial charge in [-0.15, -0.1) is 0 Å². The Hall–Kier alpha value is -3.96. The normalized spacial score (nSPS) is 16.9. The Morgan fingerprint density at radius 1 is 0.717 bits per heavy atom. The Labute approximate surface area is 260 Å². The Kier molecular flexibility index (Phi) is 10.3. The summed E-state index contributed by atoms with van der Waals surface area (Å²) >= 11 is 0. The van der Waals surface area contributed by atoms with E-state index in [2.05, 4.69) is 11.7 Å². The minimum Gasteiger partial charge on any atom is -0.429 e. The largest absolute Gasteiger partial charge is 0.432 e. The zero-order chi connectivity index (χ0) is 33.0. The Bertz CT molecular complexity index is 1660. The summed E-state index contributed by atoms with van der Waals surface area (Å²) in [5.74, 6) is -6.90. The maximum atomic E-state index is 15.1. The smallest absolute Gasteiger partial charge is 0.429 e. The molecule has 1 heterocycles. The molecular weight excluding hydrogens is 620 g/mol. The first-order valence-electron chi connectivity index (χ1n) is 14.7. The topological polar surface area (TPSA) is 27.7 Å². The summed E-state index contributed by atoms with van der Waals surface area (Å²) in [7, 11) is 0. The standard InChI is InChI=1S/C35H30F8O3/c1-2-3-4-5-20-18-44-34(45-19-20)22-8-10-27(29(38)13-22)24-14-31(40)33(32(41)15-24)35(42,43)46-25-9-11-26(30(39)16-25)21-6-7-23(17-36)28(37)12-21/h6-16,20,34H,2-5,17-19H2,1H3. The molecule has 1 saturated heterocycles. The fourth-order valence-electron chi connectivity index (χ4n) is 5.32. The van der Waals surface area contributed by atoms with Crippen molar-refractivity contribution in [2.45, 2.75) is 51.7 Å². The molecule has 0 radical (unpaired) electrons. The van der Waals surface area contributed by atoms with Crippen LogP contribution in [-0.2, 0) is 22.3 Å². The molecule has 0 spiro atoms. The van der Waals surface area contributed by atoms with Gasteiger partial charge in [0.05, 0.1) is 13.2 Å². The number of rotatable bonds is 11. The highest BCUT2D eigenvalue weighted by molar-refractivity contribution is 5.66. The lowest BCUT2D eigenvalue weighted by Gasteiger charge is -2.29. The summed E-state index contributed by atoms with van der Waals surface area (Å²) in [5.41, 5.74) is -2.45. The van der Waals surface area contributed by atoms with E-state index in [1.807, 2.05) is 0 Å². The van der Waals surface area contributed by atoms with Crippen molar-refractivity contribution in [2.75, 3.05) is 13.2 Å².